The fourth-order valence-electron chi connectivity index (χ4n) is 2.18. The van der Waals surface area contributed by atoms with E-state index in [1.165, 1.54) is 12.1 Å². The third-order valence-electron chi connectivity index (χ3n) is 3.42. The lowest BCUT2D eigenvalue weighted by molar-refractivity contribution is -0.385. The van der Waals surface area contributed by atoms with Gasteiger partial charge in [0.1, 0.15) is 5.75 Å². The van der Waals surface area contributed by atoms with Crippen molar-refractivity contribution in [1.82, 2.24) is 0 Å². The lowest BCUT2D eigenvalue weighted by Crippen LogP contribution is -2.14. The largest absolute Gasteiger partial charge is 0.496 e. The normalized spacial score (nSPS) is 24.2. The molecular formula is C12H16N2O3. The van der Waals surface area contributed by atoms with Crippen molar-refractivity contribution in [3.63, 3.8) is 0 Å². The number of nitrogens with two attached hydrogens (primary N) is 1. The van der Waals surface area contributed by atoms with Gasteiger partial charge in [-0.15, -0.1) is 0 Å². The summed E-state index contributed by atoms with van der Waals surface area (Å²) in [5, 5.41) is 10.7. The first-order valence-electron chi connectivity index (χ1n) is 5.62. The minimum Gasteiger partial charge on any atom is -0.496 e. The molecule has 1 aromatic rings. The molecular weight excluding hydrogens is 220 g/mol. The molecule has 17 heavy (non-hydrogen) atoms. The summed E-state index contributed by atoms with van der Waals surface area (Å²) in [6, 6.07) is 4.39. The zero-order valence-corrected chi connectivity index (χ0v) is 9.92. The highest BCUT2D eigenvalue weighted by atomic mass is 16.6. The summed E-state index contributed by atoms with van der Waals surface area (Å²) in [7, 11) is 1.55. The van der Waals surface area contributed by atoms with Crippen LogP contribution in [-0.2, 0) is 0 Å². The molecule has 3 atom stereocenters. The van der Waals surface area contributed by atoms with E-state index in [1.807, 2.05) is 0 Å². The Kier molecular flexibility index (Phi) is 3.02. The van der Waals surface area contributed by atoms with Crippen LogP contribution in [0.1, 0.15) is 24.9 Å². The number of nitro groups is 1. The van der Waals surface area contributed by atoms with Crippen molar-refractivity contribution >= 4 is 5.69 Å². The third-order valence-corrected chi connectivity index (χ3v) is 3.42. The fourth-order valence-corrected chi connectivity index (χ4v) is 2.18. The zero-order chi connectivity index (χ0) is 12.6. The van der Waals surface area contributed by atoms with Crippen LogP contribution in [0.15, 0.2) is 18.2 Å². The van der Waals surface area contributed by atoms with Gasteiger partial charge in [0, 0.05) is 23.7 Å². The number of hydrogen-bond donors (Lipinski definition) is 1. The highest BCUT2D eigenvalue weighted by Gasteiger charge is 2.39. The van der Waals surface area contributed by atoms with E-state index in [0.29, 0.717) is 17.6 Å². The van der Waals surface area contributed by atoms with Gasteiger partial charge in [0.05, 0.1) is 12.0 Å². The first-order chi connectivity index (χ1) is 8.04. The number of non-ortho nitro benzene ring substituents is 1. The summed E-state index contributed by atoms with van der Waals surface area (Å²) in [5.74, 6) is 1.63. The number of nitro benzene ring substituents is 1. The Labute approximate surface area is 99.7 Å². The highest BCUT2D eigenvalue weighted by Crippen LogP contribution is 2.47. The average molecular weight is 236 g/mol. The van der Waals surface area contributed by atoms with Crippen LogP contribution >= 0.6 is 0 Å². The predicted octanol–water partition coefficient (Wildman–Crippen LogP) is 2.26. The van der Waals surface area contributed by atoms with E-state index in [1.54, 1.807) is 13.2 Å². The first kappa shape index (κ1) is 11.9. The molecule has 1 aliphatic rings. The maximum absolute atomic E-state index is 10.7. The van der Waals surface area contributed by atoms with Crippen LogP contribution in [0.4, 0.5) is 5.69 Å². The van der Waals surface area contributed by atoms with Crippen molar-refractivity contribution in [2.75, 3.05) is 7.11 Å². The number of rotatable bonds is 4. The molecule has 0 aromatic heterocycles. The molecule has 0 saturated heterocycles. The monoisotopic (exact) mass is 236 g/mol. The number of benzene rings is 1. The minimum absolute atomic E-state index is 0.0598. The third kappa shape index (κ3) is 2.24. The van der Waals surface area contributed by atoms with Crippen molar-refractivity contribution in [2.45, 2.75) is 19.4 Å². The number of nitrogens with zero attached hydrogens (tertiary/aromatic N) is 1. The maximum atomic E-state index is 10.7. The van der Waals surface area contributed by atoms with E-state index in [-0.39, 0.29) is 11.7 Å². The molecule has 2 N–H and O–H groups in total. The van der Waals surface area contributed by atoms with Crippen LogP contribution in [0.25, 0.3) is 0 Å². The van der Waals surface area contributed by atoms with Gasteiger partial charge in [-0.1, -0.05) is 6.92 Å². The Morgan fingerprint density at radius 3 is 2.71 bits per heavy atom. The van der Waals surface area contributed by atoms with Gasteiger partial charge >= 0.3 is 0 Å². The lowest BCUT2D eigenvalue weighted by atomic mass is 10.0. The molecule has 2 rings (SSSR count). The van der Waals surface area contributed by atoms with Gasteiger partial charge in [-0.2, -0.15) is 0 Å². The lowest BCUT2D eigenvalue weighted by Gasteiger charge is -2.15. The Bertz CT molecular complexity index is 447. The molecule has 1 aliphatic carbocycles. The van der Waals surface area contributed by atoms with Crippen LogP contribution < -0.4 is 10.5 Å². The topological polar surface area (TPSA) is 78.4 Å². The summed E-state index contributed by atoms with van der Waals surface area (Å²) in [5.41, 5.74) is 6.93. The Morgan fingerprint density at radius 1 is 1.59 bits per heavy atom. The second-order valence-electron chi connectivity index (χ2n) is 4.59. The van der Waals surface area contributed by atoms with E-state index in [0.717, 1.165) is 12.0 Å². The number of hydrogen-bond acceptors (Lipinski definition) is 4. The Morgan fingerprint density at radius 2 is 2.24 bits per heavy atom. The van der Waals surface area contributed by atoms with E-state index in [9.17, 15) is 10.1 Å². The van der Waals surface area contributed by atoms with E-state index >= 15 is 0 Å². The molecule has 0 bridgehead atoms. The van der Waals surface area contributed by atoms with Crippen LogP contribution in [0, 0.1) is 22.0 Å². The van der Waals surface area contributed by atoms with Crippen molar-refractivity contribution in [1.29, 1.82) is 0 Å². The smallest absolute Gasteiger partial charge is 0.270 e. The van der Waals surface area contributed by atoms with Crippen LogP contribution in [0.5, 0.6) is 5.75 Å². The van der Waals surface area contributed by atoms with E-state index < -0.39 is 4.92 Å². The SMILES string of the molecule is COc1ccc([N+](=O)[O-])cc1C(N)C1CC1C. The molecule has 1 aromatic carbocycles. The molecule has 5 nitrogen and oxygen atoms in total. The van der Waals surface area contributed by atoms with Crippen LogP contribution in [-0.4, -0.2) is 12.0 Å². The van der Waals surface area contributed by atoms with Gasteiger partial charge < -0.3 is 10.5 Å². The predicted molar refractivity (Wildman–Crippen MR) is 63.8 cm³/mol. The van der Waals surface area contributed by atoms with Crippen LogP contribution in [0.3, 0.4) is 0 Å². The molecule has 0 amide bonds. The van der Waals surface area contributed by atoms with Gasteiger partial charge in [0.25, 0.3) is 5.69 Å². The standard InChI is InChI=1S/C12H16N2O3/c1-7-5-9(7)12(13)10-6-8(14(15)16)3-4-11(10)17-2/h3-4,6-7,9,12H,5,13H2,1-2H3. The molecule has 0 spiro atoms. The number of methoxy groups -OCH3 is 1. The van der Waals surface area contributed by atoms with Crippen molar-refractivity contribution in [2.24, 2.45) is 17.6 Å². The van der Waals surface area contributed by atoms with Gasteiger partial charge in [0.2, 0.25) is 0 Å². The quantitative estimate of drug-likeness (QED) is 0.642. The molecule has 0 radical (unpaired) electrons. The fraction of sp³-hybridized carbons (Fsp3) is 0.500. The minimum atomic E-state index is -0.411. The molecule has 1 fully saturated rings. The molecule has 0 aliphatic heterocycles. The summed E-state index contributed by atoms with van der Waals surface area (Å²) < 4.78 is 5.21. The zero-order valence-electron chi connectivity index (χ0n) is 9.92. The van der Waals surface area contributed by atoms with Crippen molar-refractivity contribution < 1.29 is 9.66 Å². The second kappa shape index (κ2) is 4.33. The molecule has 3 unspecified atom stereocenters. The van der Waals surface area contributed by atoms with Gasteiger partial charge in [0.15, 0.2) is 0 Å². The maximum Gasteiger partial charge on any atom is 0.270 e. The highest BCUT2D eigenvalue weighted by molar-refractivity contribution is 5.46. The van der Waals surface area contributed by atoms with Crippen LogP contribution in [0.2, 0.25) is 0 Å². The van der Waals surface area contributed by atoms with Crippen molar-refractivity contribution in [3.05, 3.63) is 33.9 Å². The Hall–Kier alpha value is -1.62. The summed E-state index contributed by atoms with van der Waals surface area (Å²) in [4.78, 5) is 10.3. The summed E-state index contributed by atoms with van der Waals surface area (Å²) in [6.45, 7) is 2.13. The average Bonchev–Trinajstić information content (AvgIpc) is 3.04. The summed E-state index contributed by atoms with van der Waals surface area (Å²) >= 11 is 0. The van der Waals surface area contributed by atoms with Crippen molar-refractivity contribution in [3.8, 4) is 5.75 Å². The molecule has 0 heterocycles. The molecule has 1 saturated carbocycles. The Balaban J connectivity index is 2.35. The summed E-state index contributed by atoms with van der Waals surface area (Å²) in [6.07, 6.45) is 1.08. The van der Waals surface area contributed by atoms with E-state index in [2.05, 4.69) is 6.92 Å². The molecule has 5 heteroatoms. The first-order valence-corrected chi connectivity index (χ1v) is 5.62. The van der Waals surface area contributed by atoms with Gasteiger partial charge in [-0.3, -0.25) is 10.1 Å². The molecule has 92 valence electrons. The second-order valence-corrected chi connectivity index (χ2v) is 4.59. The number of ether oxygens (including phenoxy) is 1. The van der Waals surface area contributed by atoms with Gasteiger partial charge in [-0.05, 0) is 24.3 Å². The van der Waals surface area contributed by atoms with E-state index in [4.69, 9.17) is 10.5 Å². The van der Waals surface area contributed by atoms with Gasteiger partial charge in [-0.25, -0.2) is 0 Å².